The van der Waals surface area contributed by atoms with Crippen molar-refractivity contribution in [2.45, 2.75) is 37.0 Å². The van der Waals surface area contributed by atoms with Crippen molar-refractivity contribution in [3.63, 3.8) is 0 Å². The SMILES string of the molecule is Cc1ccc(S(=O)(=O)O)cc1.N[C@H](Cc1ccc(O)cc1)[C@H](O)C(=O)OCc1ccccc1. The molecular weight excluding hydrogens is 446 g/mol. The van der Waals surface area contributed by atoms with Gasteiger partial charge >= 0.3 is 5.97 Å². The van der Waals surface area contributed by atoms with Gasteiger partial charge in [-0.05, 0) is 48.7 Å². The molecule has 3 rings (SSSR count). The molecule has 33 heavy (non-hydrogen) atoms. The van der Waals surface area contributed by atoms with Crippen molar-refractivity contribution in [2.75, 3.05) is 0 Å². The summed E-state index contributed by atoms with van der Waals surface area (Å²) in [5.74, 6) is -0.588. The molecule has 176 valence electrons. The summed E-state index contributed by atoms with van der Waals surface area (Å²) in [6.45, 7) is 1.94. The van der Waals surface area contributed by atoms with Gasteiger partial charge < -0.3 is 20.7 Å². The summed E-state index contributed by atoms with van der Waals surface area (Å²) in [7, 11) is -4.02. The number of nitrogens with two attached hydrogens (primary N) is 1. The van der Waals surface area contributed by atoms with Crippen molar-refractivity contribution < 1.29 is 32.7 Å². The first-order valence-electron chi connectivity index (χ1n) is 10.0. The van der Waals surface area contributed by atoms with Crippen molar-refractivity contribution in [1.29, 1.82) is 0 Å². The lowest BCUT2D eigenvalue weighted by molar-refractivity contribution is -0.156. The summed E-state index contributed by atoms with van der Waals surface area (Å²) >= 11 is 0. The number of aliphatic hydroxyl groups excluding tert-OH is 1. The van der Waals surface area contributed by atoms with E-state index in [1.807, 2.05) is 37.3 Å². The molecule has 8 nitrogen and oxygen atoms in total. The smallest absolute Gasteiger partial charge is 0.336 e. The first-order chi connectivity index (χ1) is 15.6. The van der Waals surface area contributed by atoms with E-state index < -0.39 is 28.2 Å². The number of benzene rings is 3. The summed E-state index contributed by atoms with van der Waals surface area (Å²) in [5.41, 5.74) is 8.46. The zero-order chi connectivity index (χ0) is 24.4. The Balaban J connectivity index is 0.000000294. The third-order valence-corrected chi connectivity index (χ3v) is 5.47. The van der Waals surface area contributed by atoms with Gasteiger partial charge in [0.1, 0.15) is 12.4 Å². The highest BCUT2D eigenvalue weighted by Gasteiger charge is 2.24. The number of aryl methyl sites for hydroxylation is 1. The van der Waals surface area contributed by atoms with Gasteiger partial charge in [0.05, 0.1) is 4.90 Å². The summed E-state index contributed by atoms with van der Waals surface area (Å²) in [4.78, 5) is 11.7. The summed E-state index contributed by atoms with van der Waals surface area (Å²) in [6, 6.07) is 20.9. The number of carbonyl (C=O) groups is 1. The van der Waals surface area contributed by atoms with Crippen LogP contribution >= 0.6 is 0 Å². The molecule has 0 fully saturated rings. The summed E-state index contributed by atoms with van der Waals surface area (Å²) < 4.78 is 34.6. The van der Waals surface area contributed by atoms with Gasteiger partial charge in [-0.1, -0.05) is 60.2 Å². The third-order valence-electron chi connectivity index (χ3n) is 4.60. The molecule has 0 unspecified atom stereocenters. The van der Waals surface area contributed by atoms with E-state index in [4.69, 9.17) is 15.0 Å². The van der Waals surface area contributed by atoms with Crippen LogP contribution in [0, 0.1) is 6.92 Å². The first kappa shape index (κ1) is 26.0. The first-order valence-corrected chi connectivity index (χ1v) is 11.5. The summed E-state index contributed by atoms with van der Waals surface area (Å²) in [5, 5.41) is 19.1. The minimum Gasteiger partial charge on any atom is -0.508 e. The van der Waals surface area contributed by atoms with Crippen molar-refractivity contribution in [3.05, 3.63) is 95.6 Å². The molecule has 0 saturated heterocycles. The van der Waals surface area contributed by atoms with Crippen LogP contribution in [0.4, 0.5) is 0 Å². The molecule has 0 aliphatic heterocycles. The molecule has 0 aromatic heterocycles. The Hall–Kier alpha value is -3.24. The normalized spacial score (nSPS) is 12.7. The fourth-order valence-electron chi connectivity index (χ4n) is 2.71. The van der Waals surface area contributed by atoms with Gasteiger partial charge in [-0.3, -0.25) is 4.55 Å². The Kier molecular flexibility index (Phi) is 9.56. The standard InChI is InChI=1S/C17H19NO4.C7H8O3S/c18-15(10-12-6-8-14(19)9-7-12)16(20)17(21)22-11-13-4-2-1-3-5-13;1-6-2-4-7(5-3-6)11(8,9)10/h1-9,15-16,19-20H,10-11,18H2;2-5H,1H3,(H,8,9,10)/t15-,16+;/m1./s1. The highest BCUT2D eigenvalue weighted by atomic mass is 32.2. The molecule has 0 aliphatic rings. The van der Waals surface area contributed by atoms with Gasteiger partial charge in [0.25, 0.3) is 10.1 Å². The predicted octanol–water partition coefficient (Wildman–Crippen LogP) is 2.61. The second-order valence-corrected chi connectivity index (χ2v) is 8.78. The number of aromatic hydroxyl groups is 1. The van der Waals surface area contributed by atoms with Crippen LogP contribution in [0.25, 0.3) is 0 Å². The second kappa shape index (κ2) is 12.1. The van der Waals surface area contributed by atoms with Crippen molar-refractivity contribution in [1.82, 2.24) is 0 Å². The Morgan fingerprint density at radius 3 is 2.06 bits per heavy atom. The molecule has 0 radical (unpaired) electrons. The lowest BCUT2D eigenvalue weighted by atomic mass is 10.0. The molecule has 0 spiro atoms. The quantitative estimate of drug-likeness (QED) is 0.302. The van der Waals surface area contributed by atoms with Crippen LogP contribution in [0.2, 0.25) is 0 Å². The molecule has 0 aliphatic carbocycles. The number of rotatable bonds is 7. The van der Waals surface area contributed by atoms with E-state index in [1.54, 1.807) is 24.3 Å². The molecule has 0 saturated carbocycles. The van der Waals surface area contributed by atoms with Crippen molar-refractivity contribution in [3.8, 4) is 5.75 Å². The predicted molar refractivity (Wildman–Crippen MR) is 123 cm³/mol. The molecule has 9 heteroatoms. The van der Waals surface area contributed by atoms with Crippen LogP contribution in [-0.4, -0.2) is 41.3 Å². The minimum atomic E-state index is -4.02. The zero-order valence-corrected chi connectivity index (χ0v) is 18.9. The maximum Gasteiger partial charge on any atom is 0.336 e. The highest BCUT2D eigenvalue weighted by molar-refractivity contribution is 7.85. The van der Waals surface area contributed by atoms with Gasteiger partial charge in [-0.25, -0.2) is 4.79 Å². The van der Waals surface area contributed by atoms with Gasteiger partial charge in [0.2, 0.25) is 0 Å². The fraction of sp³-hybridized carbons (Fsp3) is 0.208. The topological polar surface area (TPSA) is 147 Å². The van der Waals surface area contributed by atoms with E-state index in [1.165, 1.54) is 24.3 Å². The second-order valence-electron chi connectivity index (χ2n) is 7.36. The Morgan fingerprint density at radius 2 is 1.52 bits per heavy atom. The molecule has 2 atom stereocenters. The van der Waals surface area contributed by atoms with Crippen molar-refractivity contribution >= 4 is 16.1 Å². The van der Waals surface area contributed by atoms with Crippen LogP contribution < -0.4 is 5.73 Å². The number of hydrogen-bond acceptors (Lipinski definition) is 7. The van der Waals surface area contributed by atoms with E-state index in [-0.39, 0.29) is 17.3 Å². The van der Waals surface area contributed by atoms with Crippen LogP contribution in [0.1, 0.15) is 16.7 Å². The largest absolute Gasteiger partial charge is 0.508 e. The van der Waals surface area contributed by atoms with E-state index in [9.17, 15) is 23.4 Å². The fourth-order valence-corrected chi connectivity index (χ4v) is 3.19. The molecule has 3 aromatic carbocycles. The average Bonchev–Trinajstić information content (AvgIpc) is 2.79. The molecule has 0 bridgehead atoms. The van der Waals surface area contributed by atoms with Gasteiger partial charge in [-0.2, -0.15) is 8.42 Å². The number of esters is 1. The Bertz CT molecular complexity index is 1120. The van der Waals surface area contributed by atoms with Crippen LogP contribution in [0.15, 0.2) is 83.8 Å². The number of aliphatic hydroxyl groups is 1. The van der Waals surface area contributed by atoms with E-state index in [0.717, 1.165) is 16.7 Å². The maximum absolute atomic E-state index is 11.8. The molecule has 3 aromatic rings. The minimum absolute atomic E-state index is 0.0666. The number of phenols is 1. The number of hydrogen-bond donors (Lipinski definition) is 4. The number of ether oxygens (including phenoxy) is 1. The molecule has 0 amide bonds. The summed E-state index contributed by atoms with van der Waals surface area (Å²) in [6.07, 6.45) is -1.08. The van der Waals surface area contributed by atoms with Gasteiger partial charge in [0.15, 0.2) is 6.10 Å². The lowest BCUT2D eigenvalue weighted by Crippen LogP contribution is -2.42. The zero-order valence-electron chi connectivity index (χ0n) is 18.0. The monoisotopic (exact) mass is 473 g/mol. The van der Waals surface area contributed by atoms with Crippen LogP contribution in [0.3, 0.4) is 0 Å². The van der Waals surface area contributed by atoms with Crippen molar-refractivity contribution in [2.24, 2.45) is 5.73 Å². The third kappa shape index (κ3) is 9.03. The molecular formula is C24H27NO7S. The number of phenolic OH excluding ortho intramolecular Hbond substituents is 1. The molecule has 0 heterocycles. The van der Waals surface area contributed by atoms with Gasteiger partial charge in [0, 0.05) is 6.04 Å². The number of carbonyl (C=O) groups excluding carboxylic acids is 1. The van der Waals surface area contributed by atoms with Gasteiger partial charge in [-0.15, -0.1) is 0 Å². The average molecular weight is 474 g/mol. The highest BCUT2D eigenvalue weighted by Crippen LogP contribution is 2.12. The van der Waals surface area contributed by atoms with Crippen LogP contribution in [-0.2, 0) is 32.7 Å². The van der Waals surface area contributed by atoms with E-state index >= 15 is 0 Å². The Labute approximate surface area is 193 Å². The Morgan fingerprint density at radius 1 is 0.939 bits per heavy atom. The van der Waals surface area contributed by atoms with E-state index in [2.05, 4.69) is 0 Å². The van der Waals surface area contributed by atoms with Crippen LogP contribution in [0.5, 0.6) is 5.75 Å². The maximum atomic E-state index is 11.8. The lowest BCUT2D eigenvalue weighted by Gasteiger charge is -2.17. The molecule has 5 N–H and O–H groups in total. The van der Waals surface area contributed by atoms with E-state index in [0.29, 0.717) is 6.42 Å².